The maximum absolute atomic E-state index is 6.12. The molecule has 0 saturated carbocycles. The second kappa shape index (κ2) is 6.87. The minimum Gasteiger partial charge on any atom is -0.379 e. The van der Waals surface area contributed by atoms with Crippen molar-refractivity contribution in [1.82, 2.24) is 0 Å². The molecule has 0 N–H and O–H groups in total. The molecular weight excluding hydrogens is 339 g/mol. The van der Waals surface area contributed by atoms with E-state index in [0.717, 1.165) is 10.8 Å². The molecule has 0 radical (unpaired) electrons. The molecule has 0 heterocycles. The number of methoxy groups -OCH3 is 1. The van der Waals surface area contributed by atoms with E-state index in [9.17, 15) is 0 Å². The molecule has 1 unspecified atom stereocenters. The zero-order chi connectivity index (χ0) is 13.6. The first-order chi connectivity index (χ1) is 8.43. The molecule has 0 aromatic heterocycles. The molecule has 1 atom stereocenters. The van der Waals surface area contributed by atoms with Gasteiger partial charge in [-0.05, 0) is 32.8 Å². The lowest BCUT2D eigenvalue weighted by molar-refractivity contribution is -0.0574. The Bertz CT molecular complexity index is 351. The molecule has 0 bridgehead atoms. The number of rotatable bonds is 7. The van der Waals surface area contributed by atoms with E-state index in [0.29, 0.717) is 6.61 Å². The lowest BCUT2D eigenvalue weighted by atomic mass is 9.98. The van der Waals surface area contributed by atoms with E-state index >= 15 is 0 Å². The SMILES string of the molecule is COC(C)(C)CCOC(C)(CI)c1ccccc1. The van der Waals surface area contributed by atoms with Gasteiger partial charge in [-0.2, -0.15) is 0 Å². The first-order valence-corrected chi connectivity index (χ1v) is 7.77. The van der Waals surface area contributed by atoms with E-state index in [1.165, 1.54) is 5.56 Å². The van der Waals surface area contributed by atoms with Crippen LogP contribution in [0.3, 0.4) is 0 Å². The molecule has 0 fully saturated rings. The fourth-order valence-corrected chi connectivity index (χ4v) is 2.27. The van der Waals surface area contributed by atoms with Crippen LogP contribution < -0.4 is 0 Å². The third-order valence-electron chi connectivity index (χ3n) is 3.32. The molecule has 2 nitrogen and oxygen atoms in total. The van der Waals surface area contributed by atoms with Crippen molar-refractivity contribution in [2.24, 2.45) is 0 Å². The molecule has 0 spiro atoms. The van der Waals surface area contributed by atoms with E-state index in [1.54, 1.807) is 7.11 Å². The topological polar surface area (TPSA) is 18.5 Å². The maximum atomic E-state index is 6.12. The van der Waals surface area contributed by atoms with Gasteiger partial charge in [0.05, 0.1) is 17.8 Å². The van der Waals surface area contributed by atoms with E-state index in [2.05, 4.69) is 67.6 Å². The van der Waals surface area contributed by atoms with Crippen LogP contribution in [0.5, 0.6) is 0 Å². The molecule has 0 aliphatic rings. The van der Waals surface area contributed by atoms with Gasteiger partial charge in [0, 0.05) is 11.5 Å². The highest BCUT2D eigenvalue weighted by Crippen LogP contribution is 2.28. The summed E-state index contributed by atoms with van der Waals surface area (Å²) in [5.41, 5.74) is 0.892. The first kappa shape index (κ1) is 15.9. The van der Waals surface area contributed by atoms with Gasteiger partial charge in [0.2, 0.25) is 0 Å². The third kappa shape index (κ3) is 4.52. The summed E-state index contributed by atoms with van der Waals surface area (Å²) in [6.07, 6.45) is 0.891. The Morgan fingerprint density at radius 1 is 1.11 bits per heavy atom. The number of hydrogen-bond donors (Lipinski definition) is 0. The Hall–Kier alpha value is -0.130. The highest BCUT2D eigenvalue weighted by atomic mass is 127. The summed E-state index contributed by atoms with van der Waals surface area (Å²) in [6.45, 7) is 7.02. The Morgan fingerprint density at radius 3 is 2.22 bits per heavy atom. The van der Waals surface area contributed by atoms with E-state index in [4.69, 9.17) is 9.47 Å². The van der Waals surface area contributed by atoms with Gasteiger partial charge in [-0.3, -0.25) is 0 Å². The van der Waals surface area contributed by atoms with Crippen LogP contribution in [0.1, 0.15) is 32.8 Å². The van der Waals surface area contributed by atoms with Crippen molar-refractivity contribution in [2.75, 3.05) is 18.1 Å². The number of ether oxygens (including phenoxy) is 2. The summed E-state index contributed by atoms with van der Waals surface area (Å²) in [4.78, 5) is 0. The fraction of sp³-hybridized carbons (Fsp3) is 0.600. The van der Waals surface area contributed by atoms with Crippen LogP contribution in [0.4, 0.5) is 0 Å². The predicted octanol–water partition coefficient (Wildman–Crippen LogP) is 4.17. The second-order valence-electron chi connectivity index (χ2n) is 5.29. The highest BCUT2D eigenvalue weighted by Gasteiger charge is 2.27. The van der Waals surface area contributed by atoms with Crippen LogP contribution in [0.15, 0.2) is 30.3 Å². The molecular formula is C15H23IO2. The fourth-order valence-electron chi connectivity index (χ4n) is 1.61. The Balaban J connectivity index is 2.62. The summed E-state index contributed by atoms with van der Waals surface area (Å²) >= 11 is 2.38. The summed E-state index contributed by atoms with van der Waals surface area (Å²) in [5.74, 6) is 0. The van der Waals surface area contributed by atoms with Crippen LogP contribution >= 0.6 is 22.6 Å². The van der Waals surface area contributed by atoms with Gasteiger partial charge < -0.3 is 9.47 Å². The van der Waals surface area contributed by atoms with Crippen molar-refractivity contribution in [2.45, 2.75) is 38.4 Å². The summed E-state index contributed by atoms with van der Waals surface area (Å²) in [5, 5.41) is 0. The molecule has 1 rings (SSSR count). The van der Waals surface area contributed by atoms with Crippen molar-refractivity contribution in [3.8, 4) is 0 Å². The first-order valence-electron chi connectivity index (χ1n) is 6.24. The highest BCUT2D eigenvalue weighted by molar-refractivity contribution is 14.1. The van der Waals surface area contributed by atoms with Crippen molar-refractivity contribution in [3.63, 3.8) is 0 Å². The van der Waals surface area contributed by atoms with Gasteiger partial charge in [0.15, 0.2) is 0 Å². The van der Waals surface area contributed by atoms with Gasteiger partial charge in [-0.15, -0.1) is 0 Å². The summed E-state index contributed by atoms with van der Waals surface area (Å²) in [6, 6.07) is 10.4. The zero-order valence-electron chi connectivity index (χ0n) is 11.7. The van der Waals surface area contributed by atoms with Crippen LogP contribution in [-0.2, 0) is 15.1 Å². The zero-order valence-corrected chi connectivity index (χ0v) is 13.9. The standard InChI is InChI=1S/C15H23IO2/c1-14(2,17-4)10-11-18-15(3,12-16)13-8-6-5-7-9-13/h5-9H,10-12H2,1-4H3. The van der Waals surface area contributed by atoms with Crippen LogP contribution in [0.2, 0.25) is 0 Å². The number of alkyl halides is 1. The molecule has 3 heteroatoms. The molecule has 0 aliphatic carbocycles. The van der Waals surface area contributed by atoms with Crippen LogP contribution in [-0.4, -0.2) is 23.7 Å². The van der Waals surface area contributed by atoms with Gasteiger partial charge >= 0.3 is 0 Å². The third-order valence-corrected chi connectivity index (χ3v) is 4.77. The number of benzene rings is 1. The van der Waals surface area contributed by atoms with Crippen molar-refractivity contribution in [3.05, 3.63) is 35.9 Å². The molecule has 1 aromatic rings. The summed E-state index contributed by atoms with van der Waals surface area (Å²) < 4.78 is 12.5. The quantitative estimate of drug-likeness (QED) is 0.536. The maximum Gasteiger partial charge on any atom is 0.0992 e. The number of halogens is 1. The van der Waals surface area contributed by atoms with Crippen molar-refractivity contribution in [1.29, 1.82) is 0 Å². The van der Waals surface area contributed by atoms with Crippen LogP contribution in [0, 0.1) is 0 Å². The number of hydrogen-bond acceptors (Lipinski definition) is 2. The lowest BCUT2D eigenvalue weighted by Crippen LogP contribution is -2.31. The Morgan fingerprint density at radius 2 is 1.72 bits per heavy atom. The van der Waals surface area contributed by atoms with E-state index < -0.39 is 0 Å². The molecule has 102 valence electrons. The molecule has 1 aromatic carbocycles. The molecule has 0 aliphatic heterocycles. The average molecular weight is 362 g/mol. The van der Waals surface area contributed by atoms with Crippen molar-refractivity contribution >= 4 is 22.6 Å². The second-order valence-corrected chi connectivity index (χ2v) is 6.06. The predicted molar refractivity (Wildman–Crippen MR) is 84.3 cm³/mol. The molecule has 0 saturated heterocycles. The van der Waals surface area contributed by atoms with Gasteiger partial charge in [-0.1, -0.05) is 52.9 Å². The normalized spacial score (nSPS) is 15.4. The van der Waals surface area contributed by atoms with Gasteiger partial charge in [0.1, 0.15) is 0 Å². The lowest BCUT2D eigenvalue weighted by Gasteiger charge is -2.31. The summed E-state index contributed by atoms with van der Waals surface area (Å²) in [7, 11) is 1.74. The Kier molecular flexibility index (Phi) is 6.08. The van der Waals surface area contributed by atoms with E-state index in [1.807, 2.05) is 6.07 Å². The Labute approximate surface area is 124 Å². The minimum atomic E-state index is -0.217. The molecule has 18 heavy (non-hydrogen) atoms. The smallest absolute Gasteiger partial charge is 0.0992 e. The molecule has 0 amide bonds. The average Bonchev–Trinajstić information content (AvgIpc) is 2.39. The van der Waals surface area contributed by atoms with Gasteiger partial charge in [0.25, 0.3) is 0 Å². The minimum absolute atomic E-state index is 0.122. The van der Waals surface area contributed by atoms with Crippen molar-refractivity contribution < 1.29 is 9.47 Å². The van der Waals surface area contributed by atoms with Crippen LogP contribution in [0.25, 0.3) is 0 Å². The largest absolute Gasteiger partial charge is 0.379 e. The van der Waals surface area contributed by atoms with Gasteiger partial charge in [-0.25, -0.2) is 0 Å². The monoisotopic (exact) mass is 362 g/mol. The van der Waals surface area contributed by atoms with E-state index in [-0.39, 0.29) is 11.2 Å².